The number of rotatable bonds is 4. The SMILES string of the molecule is CC(C)(C)[Si]1=[Si](C(C)(C)C)[Si]([Si](C)(C)C(C)(C)C)([Si](C)(C)C(C)(C)C)[Si]1([Si](C)(C)C(C)(C)C)[Si](C)(C)C(C)(C)C. The molecule has 0 nitrogen and oxygen atoms in total. The minimum Gasteiger partial charge on any atom is -0.0713 e. The monoisotopic (exact) mass is 686 g/mol. The van der Waals surface area contributed by atoms with Gasteiger partial charge in [0.1, 0.15) is 0 Å². The van der Waals surface area contributed by atoms with Crippen molar-refractivity contribution in [2.45, 2.75) is 207 Å². The third kappa shape index (κ3) is 4.86. The van der Waals surface area contributed by atoms with Crippen LogP contribution < -0.4 is 0 Å². The van der Waals surface area contributed by atoms with Gasteiger partial charge in [-0.2, -0.15) is 0 Å². The third-order valence-corrected chi connectivity index (χ3v) is 241. The van der Waals surface area contributed by atoms with Crippen LogP contribution >= 0.6 is 0 Å². The Morgan fingerprint density at radius 1 is 0.300 bits per heavy atom. The van der Waals surface area contributed by atoms with Gasteiger partial charge in [-0.1, -0.05) is 177 Å². The molecular formula is C32H78Si8. The minimum atomic E-state index is -1.79. The molecular weight excluding hydrogens is 609 g/mol. The highest BCUT2D eigenvalue weighted by molar-refractivity contribution is 8.34. The largest absolute Gasteiger partial charge is 0.0713 e. The van der Waals surface area contributed by atoms with Gasteiger partial charge in [0.2, 0.25) is 0 Å². The molecule has 0 aromatic heterocycles. The highest BCUT2D eigenvalue weighted by Crippen LogP contribution is 2.69. The maximum Gasteiger partial charge on any atom is 0.0430 e. The molecule has 0 aliphatic carbocycles. The summed E-state index contributed by atoms with van der Waals surface area (Å²) in [6, 6.07) is 0. The first kappa shape index (κ1) is 39.8. The first-order valence-electron chi connectivity index (χ1n) is 16.5. The fourth-order valence-electron chi connectivity index (χ4n) is 9.50. The predicted molar refractivity (Wildman–Crippen MR) is 211 cm³/mol. The van der Waals surface area contributed by atoms with Gasteiger partial charge in [0.25, 0.3) is 0 Å². The molecule has 1 heterocycles. The normalized spacial score (nSPS) is 20.6. The first-order chi connectivity index (χ1) is 16.7. The molecule has 8 heteroatoms. The Labute approximate surface area is 263 Å². The van der Waals surface area contributed by atoms with E-state index in [-0.39, 0.29) is 0 Å². The lowest BCUT2D eigenvalue weighted by atomic mass is 10.2. The van der Waals surface area contributed by atoms with Crippen LogP contribution in [0.25, 0.3) is 0 Å². The van der Waals surface area contributed by atoms with E-state index in [0.717, 1.165) is 0 Å². The summed E-state index contributed by atoms with van der Waals surface area (Å²) in [5.74, 6) is 0. The van der Waals surface area contributed by atoms with E-state index in [0.29, 0.717) is 30.2 Å². The average Bonchev–Trinajstić information content (AvgIpc) is 2.53. The minimum absolute atomic E-state index is 0.462. The standard InChI is InChI=1S/C32H78Si8/c1-27(2,3)33-34(28(4,5)6)40(37(23,24)31(13,14)15,38(25,26)32(16,17)18)39(33,35(19,20)29(7,8)9)36(21,22)30(10,11)12/h1-26H3. The van der Waals surface area contributed by atoms with Crippen LogP contribution in [0.15, 0.2) is 0 Å². The number of hydrogen-bond acceptors (Lipinski definition) is 0. The summed E-state index contributed by atoms with van der Waals surface area (Å²) in [5, 5.41) is 2.86. The zero-order valence-corrected chi connectivity index (χ0v) is 41.0. The molecule has 0 aromatic rings. The van der Waals surface area contributed by atoms with E-state index >= 15 is 0 Å². The molecule has 0 saturated carbocycles. The van der Waals surface area contributed by atoms with Crippen LogP contribution in [-0.2, 0) is 0 Å². The van der Waals surface area contributed by atoms with Crippen molar-refractivity contribution in [1.29, 1.82) is 0 Å². The van der Waals surface area contributed by atoms with Crippen LogP contribution in [0.3, 0.4) is 0 Å². The molecule has 1 aliphatic heterocycles. The van der Waals surface area contributed by atoms with Gasteiger partial charge in [-0.15, -0.1) is 0 Å². The van der Waals surface area contributed by atoms with E-state index in [9.17, 15) is 0 Å². The quantitative estimate of drug-likeness (QED) is 0.258. The molecule has 0 radical (unpaired) electrons. The van der Waals surface area contributed by atoms with Gasteiger partial charge in [-0.3, -0.25) is 0 Å². The summed E-state index contributed by atoms with van der Waals surface area (Å²) in [6.07, 6.45) is -3.58. The second-order valence-corrected chi connectivity index (χ2v) is 109. The second-order valence-electron chi connectivity index (χ2n) is 22.2. The van der Waals surface area contributed by atoms with E-state index in [4.69, 9.17) is 0 Å². The van der Waals surface area contributed by atoms with Crippen LogP contribution in [0, 0.1) is 0 Å². The Morgan fingerprint density at radius 2 is 0.425 bits per heavy atom. The van der Waals surface area contributed by atoms with Crippen LogP contribution in [0.2, 0.25) is 82.6 Å². The van der Waals surface area contributed by atoms with Gasteiger partial charge in [0.05, 0.1) is 0 Å². The lowest BCUT2D eigenvalue weighted by Gasteiger charge is -2.85. The Morgan fingerprint density at radius 3 is 0.500 bits per heavy atom. The van der Waals surface area contributed by atoms with Crippen molar-refractivity contribution >= 4 is 57.5 Å². The summed E-state index contributed by atoms with van der Waals surface area (Å²) in [5.41, 5.74) is 0. The number of hydrogen-bond donors (Lipinski definition) is 0. The molecule has 0 spiro atoms. The molecule has 1 rings (SSSR count). The van der Waals surface area contributed by atoms with E-state index < -0.39 is 57.5 Å². The second kappa shape index (κ2) is 10.1. The summed E-state index contributed by atoms with van der Waals surface area (Å²) in [6.45, 7) is 74.2. The molecule has 40 heavy (non-hydrogen) atoms. The van der Waals surface area contributed by atoms with Gasteiger partial charge >= 0.3 is 0 Å². The maximum atomic E-state index is 3.06. The lowest BCUT2D eigenvalue weighted by molar-refractivity contribution is 0.717. The third-order valence-electron chi connectivity index (χ3n) is 14.3. The lowest BCUT2D eigenvalue weighted by Crippen LogP contribution is -3.13. The smallest absolute Gasteiger partial charge is 0.0430 e. The Balaban J connectivity index is 5.35. The summed E-state index contributed by atoms with van der Waals surface area (Å²) >= 11 is 0. The van der Waals surface area contributed by atoms with E-state index in [1.54, 1.807) is 0 Å². The fraction of sp³-hybridized carbons (Fsp3) is 1.00. The van der Waals surface area contributed by atoms with Gasteiger partial charge in [0.15, 0.2) is 0 Å². The van der Waals surface area contributed by atoms with E-state index in [2.05, 4.69) is 177 Å². The van der Waals surface area contributed by atoms with Crippen LogP contribution in [0.5, 0.6) is 0 Å². The molecule has 0 N–H and O–H groups in total. The molecule has 0 atom stereocenters. The van der Waals surface area contributed by atoms with Crippen molar-refractivity contribution in [3.8, 4) is 0 Å². The first-order valence-corrected chi connectivity index (χ1v) is 43.5. The fourth-order valence-corrected chi connectivity index (χ4v) is 462. The average molecular weight is 688 g/mol. The highest BCUT2D eigenvalue weighted by atomic mass is 30.6. The van der Waals surface area contributed by atoms with Crippen molar-refractivity contribution in [3.63, 3.8) is 0 Å². The zero-order chi connectivity index (χ0) is 33.2. The molecule has 238 valence electrons. The molecule has 0 aromatic carbocycles. The summed E-state index contributed by atoms with van der Waals surface area (Å²) in [7, 11) is -7.94. The van der Waals surface area contributed by atoms with Crippen molar-refractivity contribution in [3.05, 3.63) is 0 Å². The summed E-state index contributed by atoms with van der Waals surface area (Å²) in [4.78, 5) is 0. The summed E-state index contributed by atoms with van der Waals surface area (Å²) < 4.78 is 0. The van der Waals surface area contributed by atoms with E-state index in [1.807, 2.05) is 0 Å². The van der Waals surface area contributed by atoms with Crippen molar-refractivity contribution in [2.24, 2.45) is 0 Å². The Bertz CT molecular complexity index is 868. The molecule has 0 amide bonds. The molecule has 0 fully saturated rings. The van der Waals surface area contributed by atoms with Crippen LogP contribution in [0.1, 0.15) is 125 Å². The van der Waals surface area contributed by atoms with Crippen molar-refractivity contribution < 1.29 is 0 Å². The van der Waals surface area contributed by atoms with Crippen LogP contribution in [-0.4, -0.2) is 57.5 Å². The molecule has 1 aliphatic rings. The highest BCUT2D eigenvalue weighted by Gasteiger charge is 2.89. The van der Waals surface area contributed by atoms with Crippen molar-refractivity contribution in [2.75, 3.05) is 0 Å². The predicted octanol–water partition coefficient (Wildman–Crippen LogP) is 12.1. The van der Waals surface area contributed by atoms with Crippen LogP contribution in [0.4, 0.5) is 0 Å². The molecule has 0 unspecified atom stereocenters. The topological polar surface area (TPSA) is 0 Å². The van der Waals surface area contributed by atoms with Crippen molar-refractivity contribution in [1.82, 2.24) is 0 Å². The zero-order valence-electron chi connectivity index (χ0n) is 33.0. The van der Waals surface area contributed by atoms with Gasteiger partial charge < -0.3 is 0 Å². The van der Waals surface area contributed by atoms with Gasteiger partial charge in [-0.25, -0.2) is 0 Å². The van der Waals surface area contributed by atoms with Gasteiger partial charge in [0, 0.05) is 42.7 Å². The Hall–Kier alpha value is 1.74. The van der Waals surface area contributed by atoms with Gasteiger partial charge in [-0.05, 0) is 45.0 Å². The molecule has 0 bridgehead atoms. The molecule has 0 saturated heterocycles. The maximum absolute atomic E-state index is 3.06. The Kier molecular flexibility index (Phi) is 10.1. The van der Waals surface area contributed by atoms with E-state index in [1.165, 1.54) is 0 Å².